The Labute approximate surface area is 142 Å². The van der Waals surface area contributed by atoms with Gasteiger partial charge in [-0.2, -0.15) is 0 Å². The Hall–Kier alpha value is -2.07. The lowest BCUT2D eigenvalue weighted by Gasteiger charge is -2.21. The molecule has 1 aromatic carbocycles. The first-order valence-electron chi connectivity index (χ1n) is 7.62. The summed E-state index contributed by atoms with van der Waals surface area (Å²) in [7, 11) is 1.60. The molecule has 0 N–H and O–H groups in total. The van der Waals surface area contributed by atoms with E-state index in [0.29, 0.717) is 35.2 Å². The highest BCUT2D eigenvalue weighted by molar-refractivity contribution is 6.29. The molecule has 0 aliphatic carbocycles. The number of carbonyl (C=O) groups excluding carboxylic acids is 1. The van der Waals surface area contributed by atoms with E-state index >= 15 is 0 Å². The third-order valence-electron chi connectivity index (χ3n) is 3.83. The summed E-state index contributed by atoms with van der Waals surface area (Å²) in [5.74, 6) is 0.658. The highest BCUT2D eigenvalue weighted by atomic mass is 35.5. The fourth-order valence-corrected chi connectivity index (χ4v) is 2.64. The van der Waals surface area contributed by atoms with Crippen LogP contribution in [0.15, 0.2) is 30.3 Å². The van der Waals surface area contributed by atoms with Crippen molar-refractivity contribution in [3.63, 3.8) is 0 Å². The Morgan fingerprint density at radius 1 is 1.22 bits per heavy atom. The Morgan fingerprint density at radius 3 is 2.52 bits per heavy atom. The van der Waals surface area contributed by atoms with Crippen LogP contribution in [0.25, 0.3) is 11.3 Å². The number of aryl methyl sites for hydroxylation is 1. The van der Waals surface area contributed by atoms with Gasteiger partial charge in [-0.05, 0) is 50.6 Å². The number of hydrogen-bond donors (Lipinski definition) is 0. The van der Waals surface area contributed by atoms with Crippen LogP contribution in [-0.2, 0) is 0 Å². The Balaban J connectivity index is 2.64. The van der Waals surface area contributed by atoms with Crippen molar-refractivity contribution >= 4 is 17.5 Å². The van der Waals surface area contributed by atoms with Gasteiger partial charge in [0.05, 0.1) is 12.8 Å². The molecule has 2 rings (SSSR count). The van der Waals surface area contributed by atoms with E-state index in [1.165, 1.54) is 0 Å². The number of amides is 1. The summed E-state index contributed by atoms with van der Waals surface area (Å²) in [6, 6.07) is 9.06. The van der Waals surface area contributed by atoms with Crippen molar-refractivity contribution in [2.24, 2.45) is 0 Å². The normalized spacial score (nSPS) is 10.5. The van der Waals surface area contributed by atoms with Crippen molar-refractivity contribution < 1.29 is 9.53 Å². The molecule has 1 heterocycles. The van der Waals surface area contributed by atoms with Gasteiger partial charge in [-0.3, -0.25) is 4.79 Å². The molecule has 4 nitrogen and oxygen atoms in total. The maximum absolute atomic E-state index is 12.8. The second-order valence-electron chi connectivity index (χ2n) is 5.19. The molecule has 0 radical (unpaired) electrons. The Morgan fingerprint density at radius 2 is 1.91 bits per heavy atom. The van der Waals surface area contributed by atoms with Gasteiger partial charge in [0.25, 0.3) is 5.91 Å². The number of nitrogens with zero attached hydrogens (tertiary/aromatic N) is 2. The van der Waals surface area contributed by atoms with Gasteiger partial charge < -0.3 is 9.64 Å². The van der Waals surface area contributed by atoms with Crippen molar-refractivity contribution in [2.75, 3.05) is 20.2 Å². The van der Waals surface area contributed by atoms with Crippen LogP contribution in [0.1, 0.15) is 29.8 Å². The highest BCUT2D eigenvalue weighted by Crippen LogP contribution is 2.31. The molecule has 0 spiro atoms. The van der Waals surface area contributed by atoms with Gasteiger partial charge >= 0.3 is 0 Å². The van der Waals surface area contributed by atoms with Crippen molar-refractivity contribution in [1.82, 2.24) is 9.88 Å². The average Bonchev–Trinajstić information content (AvgIpc) is 2.57. The van der Waals surface area contributed by atoms with Crippen molar-refractivity contribution in [1.29, 1.82) is 0 Å². The number of methoxy groups -OCH3 is 1. The minimum atomic E-state index is -0.0196. The second-order valence-corrected chi connectivity index (χ2v) is 5.58. The predicted molar refractivity (Wildman–Crippen MR) is 93.2 cm³/mol. The molecule has 0 bridgehead atoms. The van der Waals surface area contributed by atoms with Crippen molar-refractivity contribution in [3.05, 3.63) is 46.6 Å². The summed E-state index contributed by atoms with van der Waals surface area (Å²) in [4.78, 5) is 19.0. The summed E-state index contributed by atoms with van der Waals surface area (Å²) < 4.78 is 5.31. The number of ether oxygens (including phenoxy) is 1. The summed E-state index contributed by atoms with van der Waals surface area (Å²) >= 11 is 6.05. The third kappa shape index (κ3) is 3.64. The zero-order chi connectivity index (χ0) is 17.0. The molecule has 0 aliphatic heterocycles. The minimum Gasteiger partial charge on any atom is -0.497 e. The molecular weight excluding hydrogens is 312 g/mol. The van der Waals surface area contributed by atoms with E-state index in [1.54, 1.807) is 30.2 Å². The molecule has 122 valence electrons. The zero-order valence-corrected chi connectivity index (χ0v) is 14.6. The molecule has 0 saturated heterocycles. The SMILES string of the molecule is CCN(CC)C(=O)c1ccc(OC)cc1-c1nc(Cl)ccc1C. The first kappa shape index (κ1) is 17.3. The molecule has 0 aliphatic rings. The molecule has 0 fully saturated rings. The molecule has 0 saturated carbocycles. The second kappa shape index (κ2) is 7.47. The number of carbonyl (C=O) groups is 1. The molecule has 0 unspecified atom stereocenters. The van der Waals surface area contributed by atoms with Gasteiger partial charge in [-0.25, -0.2) is 4.98 Å². The first-order chi connectivity index (χ1) is 11.0. The Bertz CT molecular complexity index is 712. The van der Waals surface area contributed by atoms with Crippen LogP contribution in [0.3, 0.4) is 0 Å². The van der Waals surface area contributed by atoms with E-state index in [9.17, 15) is 4.79 Å². The molecule has 5 heteroatoms. The van der Waals surface area contributed by atoms with Gasteiger partial charge in [0.15, 0.2) is 0 Å². The molecular formula is C18H21ClN2O2. The van der Waals surface area contributed by atoms with Crippen molar-refractivity contribution in [3.8, 4) is 17.0 Å². The summed E-state index contributed by atoms with van der Waals surface area (Å²) in [5, 5.41) is 0.398. The van der Waals surface area contributed by atoms with Crippen LogP contribution in [0.2, 0.25) is 5.15 Å². The smallest absolute Gasteiger partial charge is 0.254 e. The molecule has 0 atom stereocenters. The van der Waals surface area contributed by atoms with Gasteiger partial charge in [0.2, 0.25) is 0 Å². The van der Waals surface area contributed by atoms with Crippen LogP contribution in [0.4, 0.5) is 0 Å². The van der Waals surface area contributed by atoms with E-state index in [4.69, 9.17) is 16.3 Å². The van der Waals surface area contributed by atoms with Crippen molar-refractivity contribution in [2.45, 2.75) is 20.8 Å². The maximum atomic E-state index is 12.8. The largest absolute Gasteiger partial charge is 0.497 e. The van der Waals surface area contributed by atoms with E-state index in [1.807, 2.05) is 32.9 Å². The first-order valence-corrected chi connectivity index (χ1v) is 8.00. The zero-order valence-electron chi connectivity index (χ0n) is 13.9. The van der Waals surface area contributed by atoms with Gasteiger partial charge in [-0.15, -0.1) is 0 Å². The lowest BCUT2D eigenvalue weighted by atomic mass is 9.99. The number of halogens is 1. The lowest BCUT2D eigenvalue weighted by molar-refractivity contribution is 0.0773. The predicted octanol–water partition coefficient (Wildman–Crippen LogP) is 4.20. The van der Waals surface area contributed by atoms with Crippen LogP contribution >= 0.6 is 11.6 Å². The van der Waals surface area contributed by atoms with Gasteiger partial charge in [-0.1, -0.05) is 17.7 Å². The lowest BCUT2D eigenvalue weighted by Crippen LogP contribution is -2.30. The molecule has 23 heavy (non-hydrogen) atoms. The van der Waals surface area contributed by atoms with E-state index in [2.05, 4.69) is 4.98 Å². The third-order valence-corrected chi connectivity index (χ3v) is 4.04. The standard InChI is InChI=1S/C18H21ClN2O2/c1-5-21(6-2)18(22)14-9-8-13(23-4)11-15(14)17-12(3)7-10-16(19)20-17/h7-11H,5-6H2,1-4H3. The summed E-state index contributed by atoms with van der Waals surface area (Å²) in [6.07, 6.45) is 0. The minimum absolute atomic E-state index is 0.0196. The van der Waals surface area contributed by atoms with E-state index < -0.39 is 0 Å². The quantitative estimate of drug-likeness (QED) is 0.770. The summed E-state index contributed by atoms with van der Waals surface area (Å²) in [6.45, 7) is 7.19. The maximum Gasteiger partial charge on any atom is 0.254 e. The fraction of sp³-hybridized carbons (Fsp3) is 0.333. The number of rotatable bonds is 5. The molecule has 2 aromatic rings. The number of benzene rings is 1. The van der Waals surface area contributed by atoms with E-state index in [0.717, 1.165) is 11.1 Å². The van der Waals surface area contributed by atoms with Gasteiger partial charge in [0, 0.05) is 24.2 Å². The molecule has 1 aromatic heterocycles. The number of hydrogen-bond acceptors (Lipinski definition) is 3. The van der Waals surface area contributed by atoms with Crippen LogP contribution < -0.4 is 4.74 Å². The fourth-order valence-electron chi connectivity index (χ4n) is 2.49. The van der Waals surface area contributed by atoms with Gasteiger partial charge in [0.1, 0.15) is 10.9 Å². The Kier molecular flexibility index (Phi) is 5.61. The number of pyridine rings is 1. The molecule has 1 amide bonds. The monoisotopic (exact) mass is 332 g/mol. The van der Waals surface area contributed by atoms with E-state index in [-0.39, 0.29) is 5.91 Å². The number of aromatic nitrogens is 1. The topological polar surface area (TPSA) is 42.4 Å². The van der Waals surface area contributed by atoms with Crippen LogP contribution in [-0.4, -0.2) is 36.0 Å². The van der Waals surface area contributed by atoms with Crippen LogP contribution in [0, 0.1) is 6.92 Å². The van der Waals surface area contributed by atoms with Crippen LogP contribution in [0.5, 0.6) is 5.75 Å². The average molecular weight is 333 g/mol. The summed E-state index contributed by atoms with van der Waals surface area (Å²) in [5.41, 5.74) is 3.00. The highest BCUT2D eigenvalue weighted by Gasteiger charge is 2.20.